The first kappa shape index (κ1) is 11.3. The molecule has 1 amide bonds. The number of β-amino-alcohol motifs (C(OH)–C–C–N with tert-alkyl or cyclic N) is 1. The number of carbonyl (C=O) groups is 2. The summed E-state index contributed by atoms with van der Waals surface area (Å²) in [6, 6.07) is -0.389. The fourth-order valence-electron chi connectivity index (χ4n) is 1.91. The van der Waals surface area contributed by atoms with E-state index in [9.17, 15) is 14.7 Å². The van der Waals surface area contributed by atoms with E-state index >= 15 is 0 Å². The van der Waals surface area contributed by atoms with Gasteiger partial charge in [0.25, 0.3) is 0 Å². The van der Waals surface area contributed by atoms with Crippen LogP contribution in [0.25, 0.3) is 0 Å². The molecule has 1 saturated heterocycles. The maximum Gasteiger partial charge on any atom is 0.311 e. The molecule has 1 aliphatic carbocycles. The Hall–Kier alpha value is -1.14. The van der Waals surface area contributed by atoms with Crippen molar-refractivity contribution < 1.29 is 19.8 Å². The quantitative estimate of drug-likeness (QED) is 0.479. The summed E-state index contributed by atoms with van der Waals surface area (Å²) >= 11 is 0. The van der Waals surface area contributed by atoms with Crippen LogP contribution < -0.4 is 10.6 Å². The lowest BCUT2D eigenvalue weighted by molar-refractivity contribution is -0.143. The lowest BCUT2D eigenvalue weighted by atomic mass is 10.1. The first-order valence-electron chi connectivity index (χ1n) is 5.46. The first-order chi connectivity index (χ1) is 7.53. The van der Waals surface area contributed by atoms with Crippen LogP contribution in [0, 0.1) is 5.41 Å². The van der Waals surface area contributed by atoms with Crippen molar-refractivity contribution in [3.05, 3.63) is 0 Å². The fraction of sp³-hybridized carbons (Fsp3) is 0.800. The van der Waals surface area contributed by atoms with Crippen molar-refractivity contribution in [2.45, 2.75) is 31.4 Å². The number of carboxylic acid groups (broad SMARTS) is 1. The molecule has 90 valence electrons. The van der Waals surface area contributed by atoms with Gasteiger partial charge < -0.3 is 20.8 Å². The van der Waals surface area contributed by atoms with E-state index in [0.29, 0.717) is 25.8 Å². The number of rotatable bonds is 4. The van der Waals surface area contributed by atoms with E-state index in [1.165, 1.54) is 0 Å². The van der Waals surface area contributed by atoms with Crippen LogP contribution in [0.15, 0.2) is 0 Å². The molecule has 2 rings (SSSR count). The van der Waals surface area contributed by atoms with Crippen molar-refractivity contribution in [1.82, 2.24) is 10.6 Å². The number of aliphatic carboxylic acids is 1. The molecule has 0 aromatic heterocycles. The third-order valence-corrected chi connectivity index (χ3v) is 3.33. The molecule has 4 N–H and O–H groups in total. The number of hydrogen-bond acceptors (Lipinski definition) is 4. The molecule has 6 nitrogen and oxygen atoms in total. The summed E-state index contributed by atoms with van der Waals surface area (Å²) in [6.07, 6.45) is 1.17. The Balaban J connectivity index is 1.78. The molecule has 1 heterocycles. The Morgan fingerprint density at radius 1 is 1.44 bits per heavy atom. The number of aliphatic hydroxyl groups is 1. The maximum atomic E-state index is 11.6. The van der Waals surface area contributed by atoms with Gasteiger partial charge in [0.05, 0.1) is 17.6 Å². The molecule has 0 radical (unpaired) electrons. The van der Waals surface area contributed by atoms with Gasteiger partial charge in [0.1, 0.15) is 0 Å². The molecule has 2 fully saturated rings. The second-order valence-electron chi connectivity index (χ2n) is 4.65. The van der Waals surface area contributed by atoms with Crippen LogP contribution in [0.2, 0.25) is 0 Å². The Labute approximate surface area is 93.0 Å². The Bertz CT molecular complexity index is 314. The van der Waals surface area contributed by atoms with Gasteiger partial charge in [-0.1, -0.05) is 0 Å². The minimum atomic E-state index is -0.841. The summed E-state index contributed by atoms with van der Waals surface area (Å²) < 4.78 is 0. The summed E-state index contributed by atoms with van der Waals surface area (Å²) in [7, 11) is 0. The Kier molecular flexibility index (Phi) is 2.86. The van der Waals surface area contributed by atoms with Crippen LogP contribution in [0.1, 0.15) is 19.3 Å². The second kappa shape index (κ2) is 4.03. The summed E-state index contributed by atoms with van der Waals surface area (Å²) in [5.41, 5.74) is -0.729. The largest absolute Gasteiger partial charge is 0.481 e. The number of nitrogens with one attached hydrogen (secondary N) is 2. The zero-order chi connectivity index (χ0) is 11.8. The van der Waals surface area contributed by atoms with Crippen LogP contribution in [-0.4, -0.2) is 47.3 Å². The molecule has 1 saturated carbocycles. The number of aliphatic hydroxyl groups excluding tert-OH is 1. The molecular weight excluding hydrogens is 212 g/mol. The molecule has 2 atom stereocenters. The Morgan fingerprint density at radius 3 is 2.56 bits per heavy atom. The molecule has 2 aliphatic rings. The average molecular weight is 228 g/mol. The molecule has 0 spiro atoms. The van der Waals surface area contributed by atoms with E-state index < -0.39 is 17.5 Å². The molecule has 1 aliphatic heterocycles. The van der Waals surface area contributed by atoms with Gasteiger partial charge >= 0.3 is 5.97 Å². The van der Waals surface area contributed by atoms with Crippen LogP contribution in [0.3, 0.4) is 0 Å². The van der Waals surface area contributed by atoms with E-state index in [4.69, 9.17) is 5.11 Å². The van der Waals surface area contributed by atoms with Gasteiger partial charge in [-0.05, 0) is 19.3 Å². The molecule has 0 aromatic carbocycles. The van der Waals surface area contributed by atoms with Crippen molar-refractivity contribution in [1.29, 1.82) is 0 Å². The minimum Gasteiger partial charge on any atom is -0.481 e. The van der Waals surface area contributed by atoms with Crippen molar-refractivity contribution in [3.8, 4) is 0 Å². The van der Waals surface area contributed by atoms with Gasteiger partial charge in [0.15, 0.2) is 0 Å². The lowest BCUT2D eigenvalue weighted by Crippen LogP contribution is -2.43. The highest BCUT2D eigenvalue weighted by atomic mass is 16.4. The molecule has 16 heavy (non-hydrogen) atoms. The zero-order valence-electron chi connectivity index (χ0n) is 8.90. The average Bonchev–Trinajstić information content (AvgIpc) is 2.92. The van der Waals surface area contributed by atoms with Crippen molar-refractivity contribution in [2.75, 3.05) is 13.1 Å². The predicted octanol–water partition coefficient (Wildman–Crippen LogP) is -1.31. The monoisotopic (exact) mass is 228 g/mol. The Morgan fingerprint density at radius 2 is 2.12 bits per heavy atom. The van der Waals surface area contributed by atoms with E-state index in [0.717, 1.165) is 0 Å². The minimum absolute atomic E-state index is 0.190. The topological polar surface area (TPSA) is 98.7 Å². The number of carboxylic acids is 1. The number of hydrogen-bond donors (Lipinski definition) is 4. The smallest absolute Gasteiger partial charge is 0.311 e. The lowest BCUT2D eigenvalue weighted by Gasteiger charge is -2.14. The SMILES string of the molecule is O=C(NCC1(C(=O)O)CC1)C1CC(O)CN1. The van der Waals surface area contributed by atoms with Gasteiger partial charge in [-0.2, -0.15) is 0 Å². The van der Waals surface area contributed by atoms with Gasteiger partial charge in [-0.25, -0.2) is 0 Å². The standard InChI is InChI=1S/C10H16N2O4/c13-6-3-7(11-4-6)8(14)12-5-10(1-2-10)9(15)16/h6-7,11,13H,1-5H2,(H,12,14)(H,15,16). The molecular formula is C10H16N2O4. The highest BCUT2D eigenvalue weighted by molar-refractivity contribution is 5.84. The summed E-state index contributed by atoms with van der Waals surface area (Å²) in [5, 5.41) is 23.7. The molecule has 0 bridgehead atoms. The van der Waals surface area contributed by atoms with Crippen LogP contribution in [-0.2, 0) is 9.59 Å². The fourth-order valence-corrected chi connectivity index (χ4v) is 1.91. The number of amides is 1. The zero-order valence-corrected chi connectivity index (χ0v) is 8.90. The van der Waals surface area contributed by atoms with Gasteiger partial charge in [-0.15, -0.1) is 0 Å². The van der Waals surface area contributed by atoms with Gasteiger partial charge in [0.2, 0.25) is 5.91 Å². The first-order valence-corrected chi connectivity index (χ1v) is 5.46. The molecule has 2 unspecified atom stereocenters. The van der Waals surface area contributed by atoms with Crippen molar-refractivity contribution >= 4 is 11.9 Å². The van der Waals surface area contributed by atoms with Crippen molar-refractivity contribution in [3.63, 3.8) is 0 Å². The van der Waals surface area contributed by atoms with E-state index in [-0.39, 0.29) is 18.5 Å². The van der Waals surface area contributed by atoms with E-state index in [2.05, 4.69) is 10.6 Å². The molecule has 6 heteroatoms. The third-order valence-electron chi connectivity index (χ3n) is 3.33. The molecule has 0 aromatic rings. The summed E-state index contributed by atoms with van der Waals surface area (Å²) in [4.78, 5) is 22.5. The van der Waals surface area contributed by atoms with Crippen LogP contribution >= 0.6 is 0 Å². The van der Waals surface area contributed by atoms with Crippen LogP contribution in [0.4, 0.5) is 0 Å². The highest BCUT2D eigenvalue weighted by Crippen LogP contribution is 2.45. The van der Waals surface area contributed by atoms with Crippen LogP contribution in [0.5, 0.6) is 0 Å². The second-order valence-corrected chi connectivity index (χ2v) is 4.65. The third kappa shape index (κ3) is 2.17. The van der Waals surface area contributed by atoms with E-state index in [1.54, 1.807) is 0 Å². The number of carbonyl (C=O) groups excluding carboxylic acids is 1. The van der Waals surface area contributed by atoms with Gasteiger partial charge in [0, 0.05) is 13.1 Å². The maximum absolute atomic E-state index is 11.6. The normalized spacial score (nSPS) is 31.1. The van der Waals surface area contributed by atoms with Crippen molar-refractivity contribution in [2.24, 2.45) is 5.41 Å². The predicted molar refractivity (Wildman–Crippen MR) is 54.7 cm³/mol. The van der Waals surface area contributed by atoms with Gasteiger partial charge in [-0.3, -0.25) is 9.59 Å². The highest BCUT2D eigenvalue weighted by Gasteiger charge is 2.50. The summed E-state index contributed by atoms with van der Waals surface area (Å²) in [6.45, 7) is 0.609. The summed E-state index contributed by atoms with van der Waals surface area (Å²) in [5.74, 6) is -1.06. The van der Waals surface area contributed by atoms with E-state index in [1.807, 2.05) is 0 Å².